The van der Waals surface area contributed by atoms with Crippen LogP contribution in [0.15, 0.2) is 35.6 Å². The number of aromatic nitrogens is 2. The van der Waals surface area contributed by atoms with Crippen LogP contribution in [-0.4, -0.2) is 21.1 Å². The standard InChI is InChI=1S/C21H23N3OS2/c1-12-8-9-15-17(10-12)27-21-18(15)20(22-11-23-21)26-14(3)19(25)24-16-7-5-4-6-13(16)2/h4-7,11-12,14H,8-10H2,1-3H3,(H,24,25)/t12-,14+/m1/s1. The maximum Gasteiger partial charge on any atom is 0.237 e. The van der Waals surface area contributed by atoms with Crippen molar-refractivity contribution >= 4 is 44.9 Å². The third-order valence-corrected chi connectivity index (χ3v) is 7.38. The van der Waals surface area contributed by atoms with Crippen LogP contribution in [-0.2, 0) is 17.6 Å². The Morgan fingerprint density at radius 1 is 1.33 bits per heavy atom. The number of benzene rings is 1. The van der Waals surface area contributed by atoms with Gasteiger partial charge in [-0.25, -0.2) is 9.97 Å². The van der Waals surface area contributed by atoms with E-state index >= 15 is 0 Å². The van der Waals surface area contributed by atoms with E-state index in [0.717, 1.165) is 39.9 Å². The van der Waals surface area contributed by atoms with Crippen molar-refractivity contribution in [2.45, 2.75) is 50.3 Å². The number of hydrogen-bond donors (Lipinski definition) is 1. The number of amides is 1. The van der Waals surface area contributed by atoms with Crippen LogP contribution in [0.3, 0.4) is 0 Å². The summed E-state index contributed by atoms with van der Waals surface area (Å²) in [6.07, 6.45) is 5.05. The average molecular weight is 398 g/mol. The molecule has 4 nitrogen and oxygen atoms in total. The normalized spacial score (nSPS) is 17.5. The molecule has 1 aliphatic rings. The first-order valence-electron chi connectivity index (χ1n) is 9.31. The molecule has 140 valence electrons. The van der Waals surface area contributed by atoms with Crippen LogP contribution in [0.25, 0.3) is 10.2 Å². The van der Waals surface area contributed by atoms with Crippen molar-refractivity contribution in [1.82, 2.24) is 9.97 Å². The lowest BCUT2D eigenvalue weighted by molar-refractivity contribution is -0.115. The minimum Gasteiger partial charge on any atom is -0.325 e. The number of aryl methyl sites for hydroxylation is 2. The maximum absolute atomic E-state index is 12.7. The van der Waals surface area contributed by atoms with E-state index in [9.17, 15) is 4.79 Å². The number of para-hydroxylation sites is 1. The second-order valence-electron chi connectivity index (χ2n) is 7.27. The van der Waals surface area contributed by atoms with Gasteiger partial charge in [-0.1, -0.05) is 36.9 Å². The molecule has 0 aliphatic heterocycles. The molecular weight excluding hydrogens is 374 g/mol. The van der Waals surface area contributed by atoms with Crippen molar-refractivity contribution in [2.75, 3.05) is 5.32 Å². The minimum absolute atomic E-state index is 0.00113. The molecule has 0 unspecified atom stereocenters. The fourth-order valence-electron chi connectivity index (χ4n) is 3.50. The third kappa shape index (κ3) is 3.73. The number of fused-ring (bicyclic) bond motifs is 3. The zero-order valence-corrected chi connectivity index (χ0v) is 17.4. The lowest BCUT2D eigenvalue weighted by Gasteiger charge is -2.18. The number of carbonyl (C=O) groups is 1. The Kier molecular flexibility index (Phi) is 5.19. The van der Waals surface area contributed by atoms with Crippen LogP contribution in [0.4, 0.5) is 5.69 Å². The minimum atomic E-state index is -0.235. The summed E-state index contributed by atoms with van der Waals surface area (Å²) < 4.78 is 0. The van der Waals surface area contributed by atoms with E-state index in [4.69, 9.17) is 0 Å². The van der Waals surface area contributed by atoms with Crippen molar-refractivity contribution in [2.24, 2.45) is 5.92 Å². The topological polar surface area (TPSA) is 54.9 Å². The Labute approximate surface area is 167 Å². The van der Waals surface area contributed by atoms with Gasteiger partial charge in [-0.15, -0.1) is 11.3 Å². The van der Waals surface area contributed by atoms with E-state index in [1.165, 1.54) is 34.0 Å². The quantitative estimate of drug-likeness (QED) is 0.483. The van der Waals surface area contributed by atoms with Crippen LogP contribution in [0.5, 0.6) is 0 Å². The van der Waals surface area contributed by atoms with Gasteiger partial charge in [-0.3, -0.25) is 4.79 Å². The van der Waals surface area contributed by atoms with Crippen LogP contribution in [0.2, 0.25) is 0 Å². The van der Waals surface area contributed by atoms with Gasteiger partial charge in [0.25, 0.3) is 0 Å². The van der Waals surface area contributed by atoms with Crippen LogP contribution in [0, 0.1) is 12.8 Å². The molecule has 2 heterocycles. The van der Waals surface area contributed by atoms with Crippen molar-refractivity contribution in [3.63, 3.8) is 0 Å². The lowest BCUT2D eigenvalue weighted by atomic mass is 9.89. The Bertz CT molecular complexity index is 998. The summed E-state index contributed by atoms with van der Waals surface area (Å²) in [7, 11) is 0. The summed E-state index contributed by atoms with van der Waals surface area (Å²) in [4.78, 5) is 24.2. The number of hydrogen-bond acceptors (Lipinski definition) is 5. The Morgan fingerprint density at radius 3 is 2.96 bits per heavy atom. The molecule has 1 amide bonds. The molecule has 0 saturated heterocycles. The van der Waals surface area contributed by atoms with Crippen LogP contribution < -0.4 is 5.32 Å². The van der Waals surface area contributed by atoms with Crippen molar-refractivity contribution in [1.29, 1.82) is 0 Å². The average Bonchev–Trinajstić information content (AvgIpc) is 3.01. The lowest BCUT2D eigenvalue weighted by Crippen LogP contribution is -2.23. The van der Waals surface area contributed by atoms with Gasteiger partial charge in [0.2, 0.25) is 5.91 Å². The van der Waals surface area contributed by atoms with Gasteiger partial charge in [-0.05, 0) is 56.2 Å². The first-order valence-corrected chi connectivity index (χ1v) is 11.0. The molecule has 1 N–H and O–H groups in total. The number of rotatable bonds is 4. The highest BCUT2D eigenvalue weighted by Crippen LogP contribution is 2.41. The molecule has 4 rings (SSSR count). The van der Waals surface area contributed by atoms with Crippen molar-refractivity contribution in [3.8, 4) is 0 Å². The zero-order valence-electron chi connectivity index (χ0n) is 15.8. The molecule has 0 bridgehead atoms. The van der Waals surface area contributed by atoms with E-state index in [2.05, 4.69) is 22.2 Å². The van der Waals surface area contributed by atoms with Gasteiger partial charge < -0.3 is 5.32 Å². The molecule has 1 aromatic carbocycles. The summed E-state index contributed by atoms with van der Waals surface area (Å²) in [5.74, 6) is 0.729. The number of thiophene rings is 1. The second-order valence-corrected chi connectivity index (χ2v) is 9.69. The summed E-state index contributed by atoms with van der Waals surface area (Å²) in [5.41, 5.74) is 3.33. The largest absolute Gasteiger partial charge is 0.325 e. The predicted molar refractivity (Wildman–Crippen MR) is 114 cm³/mol. The first kappa shape index (κ1) is 18.4. The molecule has 0 spiro atoms. The van der Waals surface area contributed by atoms with Crippen molar-refractivity contribution < 1.29 is 4.79 Å². The van der Waals surface area contributed by atoms with E-state index in [0.29, 0.717) is 0 Å². The van der Waals surface area contributed by atoms with Gasteiger partial charge in [0.1, 0.15) is 16.2 Å². The van der Waals surface area contributed by atoms with Crippen LogP contribution in [0.1, 0.15) is 36.3 Å². The maximum atomic E-state index is 12.7. The molecule has 27 heavy (non-hydrogen) atoms. The molecule has 3 aromatic rings. The number of thioether (sulfide) groups is 1. The number of carbonyl (C=O) groups excluding carboxylic acids is 1. The van der Waals surface area contributed by atoms with Crippen LogP contribution >= 0.6 is 23.1 Å². The molecule has 2 atom stereocenters. The van der Waals surface area contributed by atoms with E-state index in [1.807, 2.05) is 38.1 Å². The highest BCUT2D eigenvalue weighted by Gasteiger charge is 2.25. The molecule has 0 fully saturated rings. The SMILES string of the molecule is Cc1ccccc1NC(=O)[C@H](C)Sc1ncnc2sc3c(c12)CC[C@@H](C)C3. The Hall–Kier alpha value is -1.92. The smallest absolute Gasteiger partial charge is 0.237 e. The first-order chi connectivity index (χ1) is 13.0. The molecule has 0 saturated carbocycles. The van der Waals surface area contributed by atoms with Gasteiger partial charge in [0.05, 0.1) is 5.25 Å². The molecule has 0 radical (unpaired) electrons. The number of nitrogens with one attached hydrogen (secondary N) is 1. The van der Waals surface area contributed by atoms with Gasteiger partial charge in [0.15, 0.2) is 0 Å². The van der Waals surface area contributed by atoms with Gasteiger partial charge in [-0.2, -0.15) is 0 Å². The molecule has 6 heteroatoms. The summed E-state index contributed by atoms with van der Waals surface area (Å²) in [5, 5.41) is 4.91. The fraction of sp³-hybridized carbons (Fsp3) is 0.381. The number of anilines is 1. The second kappa shape index (κ2) is 7.60. The Morgan fingerprint density at radius 2 is 2.15 bits per heavy atom. The fourth-order valence-corrected chi connectivity index (χ4v) is 5.87. The summed E-state index contributed by atoms with van der Waals surface area (Å²) >= 11 is 3.32. The predicted octanol–water partition coefficient (Wildman–Crippen LogP) is 5.24. The van der Waals surface area contributed by atoms with Crippen molar-refractivity contribution in [3.05, 3.63) is 46.6 Å². The summed E-state index contributed by atoms with van der Waals surface area (Å²) in [6.45, 7) is 6.25. The number of nitrogens with zero attached hydrogens (tertiary/aromatic N) is 2. The third-order valence-electron chi connectivity index (χ3n) is 5.12. The van der Waals surface area contributed by atoms with Gasteiger partial charge >= 0.3 is 0 Å². The zero-order chi connectivity index (χ0) is 19.0. The Balaban J connectivity index is 1.58. The summed E-state index contributed by atoms with van der Waals surface area (Å²) in [6, 6.07) is 7.85. The molecule has 1 aliphatic carbocycles. The molecule has 2 aromatic heterocycles. The van der Waals surface area contributed by atoms with E-state index in [-0.39, 0.29) is 11.2 Å². The molecular formula is C21H23N3OS2. The monoisotopic (exact) mass is 397 g/mol. The van der Waals surface area contributed by atoms with E-state index in [1.54, 1.807) is 17.7 Å². The highest BCUT2D eigenvalue weighted by molar-refractivity contribution is 8.00. The highest BCUT2D eigenvalue weighted by atomic mass is 32.2. The van der Waals surface area contributed by atoms with Gasteiger partial charge in [0, 0.05) is 16.0 Å². The van der Waals surface area contributed by atoms with E-state index < -0.39 is 0 Å².